The average molecular weight is 323 g/mol. The van der Waals surface area contributed by atoms with Crippen molar-refractivity contribution in [2.24, 2.45) is 5.92 Å². The van der Waals surface area contributed by atoms with Crippen LogP contribution in [0.25, 0.3) is 0 Å². The molecule has 0 aliphatic heterocycles. The zero-order chi connectivity index (χ0) is 17.8. The molecule has 2 aliphatic carbocycles. The minimum atomic E-state index is 0.305. The summed E-state index contributed by atoms with van der Waals surface area (Å²) in [6.07, 6.45) is 10.8. The molecular weight excluding hydrogens is 288 g/mol. The van der Waals surface area contributed by atoms with E-state index in [2.05, 4.69) is 84.9 Å². The van der Waals surface area contributed by atoms with Crippen molar-refractivity contribution in [1.29, 1.82) is 0 Å². The fraction of sp³-hybridized carbons (Fsp3) is 0.583. The summed E-state index contributed by atoms with van der Waals surface area (Å²) in [5.74, 6) is 0.685. The molecule has 0 radical (unpaired) electrons. The second-order valence-electron chi connectivity index (χ2n) is 9.65. The topological polar surface area (TPSA) is 0 Å². The Morgan fingerprint density at radius 3 is 2.25 bits per heavy atom. The highest BCUT2D eigenvalue weighted by Gasteiger charge is 2.50. The van der Waals surface area contributed by atoms with Gasteiger partial charge in [0, 0.05) is 0 Å². The molecule has 3 rings (SSSR count). The zero-order valence-electron chi connectivity index (χ0n) is 16.7. The van der Waals surface area contributed by atoms with Crippen LogP contribution in [0.2, 0.25) is 0 Å². The van der Waals surface area contributed by atoms with E-state index in [0.717, 1.165) is 0 Å². The molecule has 0 amide bonds. The molecule has 130 valence electrons. The van der Waals surface area contributed by atoms with E-state index in [1.54, 1.807) is 16.7 Å². The molecule has 0 aromatic heterocycles. The van der Waals surface area contributed by atoms with Crippen molar-refractivity contribution in [1.82, 2.24) is 0 Å². The van der Waals surface area contributed by atoms with Crippen LogP contribution >= 0.6 is 0 Å². The lowest BCUT2D eigenvalue weighted by molar-refractivity contribution is 0.331. The molecule has 1 aromatic carbocycles. The Balaban J connectivity index is 1.94. The predicted molar refractivity (Wildman–Crippen MR) is 106 cm³/mol. The van der Waals surface area contributed by atoms with Gasteiger partial charge in [0.2, 0.25) is 0 Å². The van der Waals surface area contributed by atoms with E-state index in [-0.39, 0.29) is 0 Å². The minimum absolute atomic E-state index is 0.305. The number of benzene rings is 1. The SMILES string of the molecule is C/C=C(C)/C=C/C1CC1(C)c1ccc2c(c1)C(C)(C)CCC2(C)C. The maximum atomic E-state index is 2.55. The lowest BCUT2D eigenvalue weighted by Gasteiger charge is -2.42. The number of rotatable bonds is 3. The molecular formula is C24H34. The molecule has 2 aliphatic rings. The van der Waals surface area contributed by atoms with E-state index in [1.165, 1.54) is 24.8 Å². The van der Waals surface area contributed by atoms with Crippen molar-refractivity contribution >= 4 is 0 Å². The van der Waals surface area contributed by atoms with E-state index in [0.29, 0.717) is 22.2 Å². The third-order valence-electron chi connectivity index (χ3n) is 6.86. The normalized spacial score (nSPS) is 31.1. The van der Waals surface area contributed by atoms with Gasteiger partial charge in [-0.3, -0.25) is 0 Å². The van der Waals surface area contributed by atoms with Crippen LogP contribution in [0.3, 0.4) is 0 Å². The van der Waals surface area contributed by atoms with E-state index in [9.17, 15) is 0 Å². The fourth-order valence-corrected chi connectivity index (χ4v) is 4.32. The molecule has 24 heavy (non-hydrogen) atoms. The van der Waals surface area contributed by atoms with Gasteiger partial charge in [0.15, 0.2) is 0 Å². The first-order chi connectivity index (χ1) is 11.1. The van der Waals surface area contributed by atoms with Crippen LogP contribution in [0.4, 0.5) is 0 Å². The van der Waals surface area contributed by atoms with Crippen LogP contribution in [0.1, 0.15) is 84.4 Å². The molecule has 0 nitrogen and oxygen atoms in total. The molecule has 0 heteroatoms. The molecule has 2 atom stereocenters. The second kappa shape index (κ2) is 5.61. The van der Waals surface area contributed by atoms with Gasteiger partial charge in [-0.1, -0.05) is 76.6 Å². The molecule has 1 saturated carbocycles. The summed E-state index contributed by atoms with van der Waals surface area (Å²) in [6, 6.07) is 7.40. The number of hydrogen-bond donors (Lipinski definition) is 0. The van der Waals surface area contributed by atoms with Crippen molar-refractivity contribution in [3.05, 3.63) is 58.7 Å². The number of hydrogen-bond acceptors (Lipinski definition) is 0. The van der Waals surface area contributed by atoms with E-state index in [1.807, 2.05) is 0 Å². The molecule has 0 spiro atoms. The Morgan fingerprint density at radius 1 is 1.00 bits per heavy atom. The van der Waals surface area contributed by atoms with Crippen LogP contribution in [-0.2, 0) is 16.2 Å². The van der Waals surface area contributed by atoms with Crippen molar-refractivity contribution < 1.29 is 0 Å². The van der Waals surface area contributed by atoms with E-state index in [4.69, 9.17) is 0 Å². The van der Waals surface area contributed by atoms with Gasteiger partial charge in [-0.15, -0.1) is 0 Å². The predicted octanol–water partition coefficient (Wildman–Crippen LogP) is 6.84. The Morgan fingerprint density at radius 2 is 1.62 bits per heavy atom. The highest BCUT2D eigenvalue weighted by molar-refractivity contribution is 5.48. The summed E-state index contributed by atoms with van der Waals surface area (Å²) in [5.41, 5.74) is 7.02. The van der Waals surface area contributed by atoms with E-state index >= 15 is 0 Å². The summed E-state index contributed by atoms with van der Waals surface area (Å²) < 4.78 is 0. The molecule has 1 aromatic rings. The number of allylic oxidation sites excluding steroid dienone is 4. The molecule has 1 fully saturated rings. The van der Waals surface area contributed by atoms with Crippen LogP contribution in [0.5, 0.6) is 0 Å². The first-order valence-electron chi connectivity index (χ1n) is 9.57. The van der Waals surface area contributed by atoms with Gasteiger partial charge in [0.05, 0.1) is 0 Å². The van der Waals surface area contributed by atoms with Crippen LogP contribution in [0.15, 0.2) is 42.0 Å². The number of fused-ring (bicyclic) bond motifs is 1. The maximum Gasteiger partial charge on any atom is -0.000611 e. The average Bonchev–Trinajstić information content (AvgIpc) is 3.21. The lowest BCUT2D eigenvalue weighted by Crippen LogP contribution is -2.34. The first-order valence-corrected chi connectivity index (χ1v) is 9.57. The fourth-order valence-electron chi connectivity index (χ4n) is 4.32. The van der Waals surface area contributed by atoms with Gasteiger partial charge in [0.1, 0.15) is 0 Å². The monoisotopic (exact) mass is 322 g/mol. The molecule has 0 heterocycles. The second-order valence-corrected chi connectivity index (χ2v) is 9.65. The summed E-state index contributed by atoms with van der Waals surface area (Å²) in [5, 5.41) is 0. The maximum absolute atomic E-state index is 2.55. The van der Waals surface area contributed by atoms with Crippen molar-refractivity contribution in [3.8, 4) is 0 Å². The zero-order valence-corrected chi connectivity index (χ0v) is 16.7. The summed E-state index contributed by atoms with van der Waals surface area (Å²) in [7, 11) is 0. The van der Waals surface area contributed by atoms with Crippen LogP contribution in [-0.4, -0.2) is 0 Å². The van der Waals surface area contributed by atoms with Crippen molar-refractivity contribution in [3.63, 3.8) is 0 Å². The standard InChI is InChI=1S/C24H34/c1-8-17(2)9-10-19-16-24(19,7)18-11-12-20-21(15-18)23(5,6)14-13-22(20,3)4/h8-12,15,19H,13-14,16H2,1-7H3/b10-9+,17-8+. The summed E-state index contributed by atoms with van der Waals surface area (Å²) >= 11 is 0. The van der Waals surface area contributed by atoms with Crippen LogP contribution in [0, 0.1) is 5.92 Å². The molecule has 0 bridgehead atoms. The quantitative estimate of drug-likeness (QED) is 0.535. The first kappa shape index (κ1) is 17.5. The van der Waals surface area contributed by atoms with Gasteiger partial charge in [0.25, 0.3) is 0 Å². The third kappa shape index (κ3) is 2.89. The highest BCUT2D eigenvalue weighted by Crippen LogP contribution is 2.56. The summed E-state index contributed by atoms with van der Waals surface area (Å²) in [6.45, 7) is 16.4. The van der Waals surface area contributed by atoms with Gasteiger partial charge in [-0.25, -0.2) is 0 Å². The minimum Gasteiger partial charge on any atom is -0.0847 e. The Kier molecular flexibility index (Phi) is 4.10. The van der Waals surface area contributed by atoms with Gasteiger partial charge in [-0.05, 0) is 72.0 Å². The van der Waals surface area contributed by atoms with Crippen molar-refractivity contribution in [2.75, 3.05) is 0 Å². The lowest BCUT2D eigenvalue weighted by atomic mass is 9.62. The Bertz CT molecular complexity index is 699. The Hall–Kier alpha value is -1.30. The largest absolute Gasteiger partial charge is 0.0847 e. The highest BCUT2D eigenvalue weighted by atomic mass is 14.5. The summed E-state index contributed by atoms with van der Waals surface area (Å²) in [4.78, 5) is 0. The molecule has 0 saturated heterocycles. The van der Waals surface area contributed by atoms with Gasteiger partial charge in [-0.2, -0.15) is 0 Å². The third-order valence-corrected chi connectivity index (χ3v) is 6.86. The molecule has 2 unspecified atom stereocenters. The van der Waals surface area contributed by atoms with Crippen molar-refractivity contribution in [2.45, 2.75) is 84.0 Å². The van der Waals surface area contributed by atoms with Gasteiger partial charge < -0.3 is 0 Å². The Labute approximate surface area is 149 Å². The smallest absolute Gasteiger partial charge is 0.000611 e. The van der Waals surface area contributed by atoms with E-state index < -0.39 is 0 Å². The molecule has 0 N–H and O–H groups in total. The van der Waals surface area contributed by atoms with Gasteiger partial charge >= 0.3 is 0 Å². The van der Waals surface area contributed by atoms with Crippen LogP contribution < -0.4 is 0 Å².